The lowest BCUT2D eigenvalue weighted by molar-refractivity contribution is 0.252. The van der Waals surface area contributed by atoms with Gasteiger partial charge in [0.25, 0.3) is 0 Å². The molecular weight excluding hydrogens is 200 g/mol. The van der Waals surface area contributed by atoms with Crippen LogP contribution in [0, 0.1) is 12.3 Å². The minimum Gasteiger partial charge on any atom is -0.444 e. The monoisotopic (exact) mass is 222 g/mol. The number of oxazole rings is 1. The molecular formula is C13H22N2O. The van der Waals surface area contributed by atoms with E-state index in [2.05, 4.69) is 31.1 Å². The molecule has 0 aromatic carbocycles. The fourth-order valence-corrected chi connectivity index (χ4v) is 2.58. The number of aryl methyl sites for hydroxylation is 1. The van der Waals surface area contributed by atoms with Gasteiger partial charge >= 0.3 is 0 Å². The van der Waals surface area contributed by atoms with Crippen LogP contribution in [0.1, 0.15) is 57.7 Å². The van der Waals surface area contributed by atoms with E-state index in [9.17, 15) is 0 Å². The highest BCUT2D eigenvalue weighted by Gasteiger charge is 2.35. The number of hydrogen-bond acceptors (Lipinski definition) is 3. The molecule has 16 heavy (non-hydrogen) atoms. The second kappa shape index (κ2) is 4.21. The molecule has 0 aliphatic heterocycles. The van der Waals surface area contributed by atoms with Gasteiger partial charge in [-0.2, -0.15) is 0 Å². The average Bonchev–Trinajstić information content (AvgIpc) is 2.74. The lowest BCUT2D eigenvalue weighted by atomic mass is 9.87. The van der Waals surface area contributed by atoms with Gasteiger partial charge in [-0.15, -0.1) is 0 Å². The quantitative estimate of drug-likeness (QED) is 0.853. The van der Waals surface area contributed by atoms with Gasteiger partial charge in [0.05, 0.1) is 12.2 Å². The summed E-state index contributed by atoms with van der Waals surface area (Å²) in [5.74, 6) is 1.69. The summed E-state index contributed by atoms with van der Waals surface area (Å²) >= 11 is 0. The number of aromatic nitrogens is 1. The number of hydrogen-bond donors (Lipinski definition) is 1. The molecule has 1 aliphatic rings. The Bertz CT molecular complexity index is 357. The standard InChI is InChI=1S/C13H22N2O/c1-9-8-14-12(16-9)10(2)15-11-6-5-7-13(11,3)4/h8,10-11,15H,5-7H2,1-4H3. The molecule has 1 N–H and O–H groups in total. The first kappa shape index (κ1) is 11.6. The Morgan fingerprint density at radius 2 is 2.31 bits per heavy atom. The Kier molecular flexibility index (Phi) is 3.06. The summed E-state index contributed by atoms with van der Waals surface area (Å²) in [5, 5.41) is 3.64. The molecule has 2 atom stereocenters. The van der Waals surface area contributed by atoms with Crippen LogP contribution >= 0.6 is 0 Å². The molecule has 1 aromatic rings. The van der Waals surface area contributed by atoms with Gasteiger partial charge in [0.15, 0.2) is 0 Å². The number of nitrogens with zero attached hydrogens (tertiary/aromatic N) is 1. The van der Waals surface area contributed by atoms with Crippen molar-refractivity contribution in [3.8, 4) is 0 Å². The molecule has 0 bridgehead atoms. The van der Waals surface area contributed by atoms with Gasteiger partial charge in [0.2, 0.25) is 5.89 Å². The average molecular weight is 222 g/mol. The first-order chi connectivity index (χ1) is 7.49. The molecule has 1 heterocycles. The van der Waals surface area contributed by atoms with Crippen LogP contribution in [0.15, 0.2) is 10.6 Å². The molecule has 1 aliphatic carbocycles. The highest BCUT2D eigenvalue weighted by molar-refractivity contribution is 4.98. The van der Waals surface area contributed by atoms with Crippen LogP contribution < -0.4 is 5.32 Å². The molecule has 0 radical (unpaired) electrons. The number of rotatable bonds is 3. The summed E-state index contributed by atoms with van der Waals surface area (Å²) in [7, 11) is 0. The van der Waals surface area contributed by atoms with Crippen molar-refractivity contribution in [3.63, 3.8) is 0 Å². The normalized spacial score (nSPS) is 25.9. The summed E-state index contributed by atoms with van der Waals surface area (Å²) in [6, 6.07) is 0.783. The predicted molar refractivity (Wildman–Crippen MR) is 64.2 cm³/mol. The van der Waals surface area contributed by atoms with Crippen molar-refractivity contribution in [2.75, 3.05) is 0 Å². The molecule has 90 valence electrons. The third kappa shape index (κ3) is 2.29. The lowest BCUT2D eigenvalue weighted by Gasteiger charge is -2.29. The SMILES string of the molecule is Cc1cnc(C(C)NC2CCCC2(C)C)o1. The minimum absolute atomic E-state index is 0.205. The third-order valence-corrected chi connectivity index (χ3v) is 3.72. The third-order valence-electron chi connectivity index (χ3n) is 3.72. The highest BCUT2D eigenvalue weighted by atomic mass is 16.4. The summed E-state index contributed by atoms with van der Waals surface area (Å²) < 4.78 is 5.55. The summed E-state index contributed by atoms with van der Waals surface area (Å²) in [5.41, 5.74) is 0.399. The Morgan fingerprint density at radius 3 is 2.81 bits per heavy atom. The Balaban J connectivity index is 1.99. The largest absolute Gasteiger partial charge is 0.444 e. The fraction of sp³-hybridized carbons (Fsp3) is 0.769. The van der Waals surface area contributed by atoms with Gasteiger partial charge in [-0.1, -0.05) is 20.3 Å². The summed E-state index contributed by atoms with van der Waals surface area (Å²) in [6.07, 6.45) is 5.67. The number of nitrogens with one attached hydrogen (secondary N) is 1. The van der Waals surface area contributed by atoms with Crippen LogP contribution in [-0.2, 0) is 0 Å². The molecule has 1 fully saturated rings. The molecule has 1 saturated carbocycles. The topological polar surface area (TPSA) is 38.1 Å². The maximum Gasteiger partial charge on any atom is 0.211 e. The van der Waals surface area contributed by atoms with E-state index in [1.807, 2.05) is 6.92 Å². The molecule has 0 amide bonds. The second-order valence-corrected chi connectivity index (χ2v) is 5.63. The zero-order valence-electron chi connectivity index (χ0n) is 10.7. The van der Waals surface area contributed by atoms with Gasteiger partial charge in [-0.3, -0.25) is 0 Å². The van der Waals surface area contributed by atoms with Crippen LogP contribution in [0.25, 0.3) is 0 Å². The van der Waals surface area contributed by atoms with Crippen LogP contribution in [0.4, 0.5) is 0 Å². The van der Waals surface area contributed by atoms with Crippen molar-refractivity contribution >= 4 is 0 Å². The molecule has 0 spiro atoms. The van der Waals surface area contributed by atoms with Gasteiger partial charge in [0, 0.05) is 6.04 Å². The van der Waals surface area contributed by atoms with Crippen molar-refractivity contribution in [2.45, 2.75) is 59.0 Å². The first-order valence-corrected chi connectivity index (χ1v) is 6.17. The molecule has 1 aromatic heterocycles. The van der Waals surface area contributed by atoms with Crippen LogP contribution in [0.3, 0.4) is 0 Å². The Morgan fingerprint density at radius 1 is 1.56 bits per heavy atom. The van der Waals surface area contributed by atoms with E-state index in [0.717, 1.165) is 11.7 Å². The van der Waals surface area contributed by atoms with E-state index in [1.54, 1.807) is 6.20 Å². The van der Waals surface area contributed by atoms with Gasteiger partial charge in [-0.25, -0.2) is 4.98 Å². The molecule has 2 unspecified atom stereocenters. The first-order valence-electron chi connectivity index (χ1n) is 6.17. The fourth-order valence-electron chi connectivity index (χ4n) is 2.58. The van der Waals surface area contributed by atoms with Gasteiger partial charge in [-0.05, 0) is 32.1 Å². The van der Waals surface area contributed by atoms with E-state index in [1.165, 1.54) is 19.3 Å². The molecule has 3 nitrogen and oxygen atoms in total. The van der Waals surface area contributed by atoms with Crippen molar-refractivity contribution in [3.05, 3.63) is 17.8 Å². The van der Waals surface area contributed by atoms with E-state index in [4.69, 9.17) is 4.42 Å². The minimum atomic E-state index is 0.205. The van der Waals surface area contributed by atoms with Crippen LogP contribution in [0.2, 0.25) is 0 Å². The van der Waals surface area contributed by atoms with Gasteiger partial charge < -0.3 is 9.73 Å². The van der Waals surface area contributed by atoms with Crippen LogP contribution in [0.5, 0.6) is 0 Å². The van der Waals surface area contributed by atoms with Crippen molar-refractivity contribution in [1.82, 2.24) is 10.3 Å². The zero-order chi connectivity index (χ0) is 11.8. The summed E-state index contributed by atoms with van der Waals surface area (Å²) in [6.45, 7) is 8.73. The smallest absolute Gasteiger partial charge is 0.211 e. The van der Waals surface area contributed by atoms with Crippen LogP contribution in [-0.4, -0.2) is 11.0 Å². The molecule has 0 saturated heterocycles. The summed E-state index contributed by atoms with van der Waals surface area (Å²) in [4.78, 5) is 4.28. The van der Waals surface area contributed by atoms with E-state index in [-0.39, 0.29) is 6.04 Å². The maximum absolute atomic E-state index is 5.55. The van der Waals surface area contributed by atoms with Crippen molar-refractivity contribution in [2.24, 2.45) is 5.41 Å². The lowest BCUT2D eigenvalue weighted by Crippen LogP contribution is -2.39. The van der Waals surface area contributed by atoms with Crippen molar-refractivity contribution < 1.29 is 4.42 Å². The Labute approximate surface area is 97.6 Å². The second-order valence-electron chi connectivity index (χ2n) is 5.63. The van der Waals surface area contributed by atoms with Crippen molar-refractivity contribution in [1.29, 1.82) is 0 Å². The Hall–Kier alpha value is -0.830. The highest BCUT2D eigenvalue weighted by Crippen LogP contribution is 2.38. The molecule has 2 rings (SSSR count). The van der Waals surface area contributed by atoms with E-state index in [0.29, 0.717) is 11.5 Å². The zero-order valence-corrected chi connectivity index (χ0v) is 10.7. The maximum atomic E-state index is 5.55. The predicted octanol–water partition coefficient (Wildman–Crippen LogP) is 3.21. The van der Waals surface area contributed by atoms with Gasteiger partial charge in [0.1, 0.15) is 5.76 Å². The molecule has 3 heteroatoms. The van der Waals surface area contributed by atoms with E-state index < -0.39 is 0 Å². The van der Waals surface area contributed by atoms with E-state index >= 15 is 0 Å².